The Balaban J connectivity index is 0.000000890. The molecule has 3 nitrogen and oxygen atoms in total. The lowest BCUT2D eigenvalue weighted by Gasteiger charge is -2.61. The summed E-state index contributed by atoms with van der Waals surface area (Å²) in [5, 5.41) is 20.8. The summed E-state index contributed by atoms with van der Waals surface area (Å²) in [5.74, 6) is 3.40. The van der Waals surface area contributed by atoms with Crippen LogP contribution in [0.25, 0.3) is 0 Å². The van der Waals surface area contributed by atoms with Gasteiger partial charge >= 0.3 is 0 Å². The van der Waals surface area contributed by atoms with Crippen molar-refractivity contribution in [1.82, 2.24) is 0 Å². The molecule has 0 bridgehead atoms. The van der Waals surface area contributed by atoms with E-state index in [0.29, 0.717) is 41.1 Å². The smallest absolute Gasteiger partial charge is 0.0617 e. The van der Waals surface area contributed by atoms with Crippen molar-refractivity contribution in [2.45, 2.75) is 124 Å². The molecule has 5 heteroatoms. The Bertz CT molecular complexity index is 590. The number of aliphatic hydroxyl groups excluding tert-OH is 2. The fraction of sp³-hybridized carbons (Fsp3) is 1.00. The minimum absolute atomic E-state index is 0.114. The maximum atomic E-state index is 10.7. The van der Waals surface area contributed by atoms with Gasteiger partial charge in [0.2, 0.25) is 0 Å². The molecule has 3 saturated carbocycles. The summed E-state index contributed by atoms with van der Waals surface area (Å²) in [7, 11) is 0. The zero-order valence-electron chi connectivity index (χ0n) is 22.4. The average Bonchev–Trinajstić information content (AvgIpc) is 3.11. The number of aliphatic hydroxyl groups is 2. The van der Waals surface area contributed by atoms with Crippen LogP contribution in [0.5, 0.6) is 0 Å². The van der Waals surface area contributed by atoms with E-state index >= 15 is 0 Å². The zero-order chi connectivity index (χ0) is 24.9. The van der Waals surface area contributed by atoms with Crippen LogP contribution in [0.15, 0.2) is 0 Å². The van der Waals surface area contributed by atoms with E-state index < -0.39 is 5.54 Å². The summed E-state index contributed by atoms with van der Waals surface area (Å²) in [5.41, 5.74) is 7.19. The molecule has 0 aliphatic heterocycles. The molecular formula is C28H54FNO2S. The Kier molecular flexibility index (Phi) is 11.1. The molecule has 0 aromatic heterocycles. The molecule has 33 heavy (non-hydrogen) atoms. The first kappa shape index (κ1) is 29.4. The van der Waals surface area contributed by atoms with Crippen LogP contribution < -0.4 is 5.73 Å². The number of fused-ring (bicyclic) bond motifs is 1. The van der Waals surface area contributed by atoms with Gasteiger partial charge in [-0.2, -0.15) is 3.89 Å². The van der Waals surface area contributed by atoms with E-state index in [1.54, 1.807) is 6.92 Å². The van der Waals surface area contributed by atoms with Crippen molar-refractivity contribution in [3.05, 3.63) is 0 Å². The molecule has 0 aromatic rings. The molecule has 8 unspecified atom stereocenters. The minimum Gasteiger partial charge on any atom is -0.394 e. The first-order valence-electron chi connectivity index (χ1n) is 13.8. The molecular weight excluding hydrogens is 433 g/mol. The Morgan fingerprint density at radius 1 is 1.03 bits per heavy atom. The van der Waals surface area contributed by atoms with Crippen molar-refractivity contribution in [2.75, 3.05) is 12.4 Å². The molecule has 0 radical (unpaired) electrons. The monoisotopic (exact) mass is 487 g/mol. The van der Waals surface area contributed by atoms with Gasteiger partial charge in [0.25, 0.3) is 0 Å². The van der Waals surface area contributed by atoms with E-state index in [2.05, 4.69) is 34.6 Å². The highest BCUT2D eigenvalue weighted by atomic mass is 32.2. The number of nitrogens with two attached hydrogens (primary N) is 1. The Hall–Kier alpha value is 0.160. The molecule has 3 fully saturated rings. The van der Waals surface area contributed by atoms with Gasteiger partial charge in [-0.3, -0.25) is 0 Å². The third-order valence-corrected chi connectivity index (χ3v) is 10.6. The Labute approximate surface area is 208 Å². The van der Waals surface area contributed by atoms with E-state index in [9.17, 15) is 14.1 Å². The quantitative estimate of drug-likeness (QED) is 0.318. The summed E-state index contributed by atoms with van der Waals surface area (Å²) >= 11 is 0.356. The highest BCUT2D eigenvalue weighted by Gasteiger charge is 2.63. The second kappa shape index (κ2) is 12.4. The van der Waals surface area contributed by atoms with Crippen LogP contribution in [-0.2, 0) is 0 Å². The highest BCUT2D eigenvalue weighted by Crippen LogP contribution is 2.65. The number of rotatable bonds is 8. The number of hydrogen-bond acceptors (Lipinski definition) is 4. The maximum Gasteiger partial charge on any atom is 0.0617 e. The Morgan fingerprint density at radius 2 is 1.64 bits per heavy atom. The van der Waals surface area contributed by atoms with Crippen LogP contribution in [0.2, 0.25) is 0 Å². The van der Waals surface area contributed by atoms with Gasteiger partial charge in [-0.25, -0.2) is 0 Å². The first-order chi connectivity index (χ1) is 15.5. The lowest BCUT2D eigenvalue weighted by Crippen LogP contribution is -2.67. The fourth-order valence-corrected chi connectivity index (χ4v) is 8.16. The second-order valence-electron chi connectivity index (χ2n) is 12.6. The van der Waals surface area contributed by atoms with E-state index in [1.807, 2.05) is 0 Å². The number of halogens is 1. The third kappa shape index (κ3) is 6.30. The van der Waals surface area contributed by atoms with Crippen LogP contribution in [0.4, 0.5) is 3.89 Å². The molecule has 0 amide bonds. The molecule has 3 rings (SSSR count). The SMILES string of the molecule is CC(C)CCCCC1CCC2C1(C)CCC(C1(C)CCC(O)CC1C)C2(N)CO.CCSF. The number of unbranched alkanes of at least 4 members (excludes halogenated alkanes) is 1. The molecule has 0 aromatic carbocycles. The maximum absolute atomic E-state index is 10.7. The molecule has 8 atom stereocenters. The molecule has 4 N–H and O–H groups in total. The van der Waals surface area contributed by atoms with Crippen LogP contribution in [-0.4, -0.2) is 34.2 Å². The topological polar surface area (TPSA) is 66.5 Å². The predicted molar refractivity (Wildman–Crippen MR) is 141 cm³/mol. The summed E-state index contributed by atoms with van der Waals surface area (Å²) in [4.78, 5) is 0. The van der Waals surface area contributed by atoms with Crippen LogP contribution in [0, 0.1) is 40.4 Å². The van der Waals surface area contributed by atoms with Gasteiger partial charge < -0.3 is 15.9 Å². The van der Waals surface area contributed by atoms with Crippen molar-refractivity contribution in [3.8, 4) is 0 Å². The van der Waals surface area contributed by atoms with Gasteiger partial charge in [-0.05, 0) is 91.8 Å². The van der Waals surface area contributed by atoms with Gasteiger partial charge in [0.05, 0.1) is 12.7 Å². The third-order valence-electron chi connectivity index (χ3n) is 10.3. The van der Waals surface area contributed by atoms with E-state index in [4.69, 9.17) is 5.73 Å². The number of hydrogen-bond donors (Lipinski definition) is 3. The highest BCUT2D eigenvalue weighted by molar-refractivity contribution is 7.94. The lowest BCUT2D eigenvalue weighted by molar-refractivity contribution is -0.116. The standard InChI is InChI=1S/C26H49NO2.C2H5FS/c1-18(2)8-6-7-9-20-10-11-22-25(20,5)15-13-23(26(22,27)17-28)24(4)14-12-21(29)16-19(24)3;1-2-4-3/h18-23,28-29H,6-17,27H2,1-5H3;2H2,1H3. The van der Waals surface area contributed by atoms with Gasteiger partial charge in [-0.1, -0.05) is 60.8 Å². The molecule has 0 spiro atoms. The van der Waals surface area contributed by atoms with E-state index in [1.165, 1.54) is 44.9 Å². The van der Waals surface area contributed by atoms with Gasteiger partial charge in [0.1, 0.15) is 0 Å². The van der Waals surface area contributed by atoms with Crippen molar-refractivity contribution < 1.29 is 14.1 Å². The van der Waals surface area contributed by atoms with Crippen molar-refractivity contribution in [1.29, 1.82) is 0 Å². The fourth-order valence-electron chi connectivity index (χ4n) is 8.16. The van der Waals surface area contributed by atoms with Gasteiger partial charge in [0, 0.05) is 23.4 Å². The molecule has 3 aliphatic carbocycles. The molecule has 0 heterocycles. The van der Waals surface area contributed by atoms with Gasteiger partial charge in [-0.15, -0.1) is 0 Å². The van der Waals surface area contributed by atoms with Crippen LogP contribution >= 0.6 is 12.1 Å². The Morgan fingerprint density at radius 3 is 2.18 bits per heavy atom. The van der Waals surface area contributed by atoms with E-state index in [-0.39, 0.29) is 18.1 Å². The lowest BCUT2D eigenvalue weighted by atomic mass is 9.46. The molecule has 3 aliphatic rings. The summed E-state index contributed by atoms with van der Waals surface area (Å²) in [6, 6.07) is 0. The van der Waals surface area contributed by atoms with Crippen molar-refractivity contribution >= 4 is 12.1 Å². The normalized spacial score (nSPS) is 43.2. The zero-order valence-corrected chi connectivity index (χ0v) is 23.2. The second-order valence-corrected chi connectivity index (χ2v) is 13.4. The largest absolute Gasteiger partial charge is 0.394 e. The van der Waals surface area contributed by atoms with Crippen molar-refractivity contribution in [3.63, 3.8) is 0 Å². The van der Waals surface area contributed by atoms with Crippen molar-refractivity contribution in [2.24, 2.45) is 46.2 Å². The molecule has 196 valence electrons. The predicted octanol–water partition coefficient (Wildman–Crippen LogP) is 7.15. The minimum atomic E-state index is -0.467. The van der Waals surface area contributed by atoms with Crippen LogP contribution in [0.1, 0.15) is 112 Å². The first-order valence-corrected chi connectivity index (χ1v) is 14.7. The summed E-state index contributed by atoms with van der Waals surface area (Å²) in [6.45, 7) is 13.7. The molecule has 0 saturated heterocycles. The average molecular weight is 488 g/mol. The van der Waals surface area contributed by atoms with Crippen LogP contribution in [0.3, 0.4) is 0 Å². The summed E-state index contributed by atoms with van der Waals surface area (Å²) < 4.78 is 10.6. The van der Waals surface area contributed by atoms with Gasteiger partial charge in [0.15, 0.2) is 0 Å². The summed E-state index contributed by atoms with van der Waals surface area (Å²) in [6.07, 6.45) is 12.9. The van der Waals surface area contributed by atoms with E-state index in [0.717, 1.165) is 37.5 Å².